The van der Waals surface area contributed by atoms with Gasteiger partial charge < -0.3 is 10.5 Å². The fourth-order valence-corrected chi connectivity index (χ4v) is 2.78. The Kier molecular flexibility index (Phi) is 4.21. The summed E-state index contributed by atoms with van der Waals surface area (Å²) in [7, 11) is 0. The van der Waals surface area contributed by atoms with Crippen LogP contribution in [0.2, 0.25) is 0 Å². The molecule has 1 saturated heterocycles. The van der Waals surface area contributed by atoms with E-state index in [-0.39, 0.29) is 18.0 Å². The maximum absolute atomic E-state index is 13.0. The molecule has 2 atom stereocenters. The first kappa shape index (κ1) is 11.9. The summed E-state index contributed by atoms with van der Waals surface area (Å²) in [5.74, 6) is 1.78. The van der Waals surface area contributed by atoms with E-state index in [2.05, 4.69) is 0 Å². The summed E-state index contributed by atoms with van der Waals surface area (Å²) in [4.78, 5) is 0. The average molecular weight is 241 g/mol. The van der Waals surface area contributed by atoms with Crippen molar-refractivity contribution < 1.29 is 9.13 Å². The Bertz CT molecular complexity index is 342. The molecule has 1 fully saturated rings. The number of hydrogen-bond acceptors (Lipinski definition) is 3. The molecule has 1 aliphatic rings. The van der Waals surface area contributed by atoms with Gasteiger partial charge in [-0.05, 0) is 24.1 Å². The molecular weight excluding hydrogens is 225 g/mol. The molecule has 2 N–H and O–H groups in total. The van der Waals surface area contributed by atoms with E-state index in [1.54, 1.807) is 6.07 Å². The molecule has 1 heterocycles. The molecule has 0 amide bonds. The fourth-order valence-electron chi connectivity index (χ4n) is 1.82. The van der Waals surface area contributed by atoms with Crippen molar-refractivity contribution in [1.82, 2.24) is 0 Å². The van der Waals surface area contributed by atoms with Crippen molar-refractivity contribution in [3.8, 4) is 0 Å². The van der Waals surface area contributed by atoms with Crippen LogP contribution in [0, 0.1) is 5.82 Å². The first-order valence-electron chi connectivity index (χ1n) is 5.45. The predicted molar refractivity (Wildman–Crippen MR) is 65.1 cm³/mol. The summed E-state index contributed by atoms with van der Waals surface area (Å²) in [5.41, 5.74) is 7.01. The van der Waals surface area contributed by atoms with Crippen LogP contribution >= 0.6 is 11.8 Å². The average Bonchev–Trinajstić information content (AvgIpc) is 2.30. The normalized spacial score (nSPS) is 23.0. The number of halogens is 1. The van der Waals surface area contributed by atoms with Crippen LogP contribution in [-0.2, 0) is 11.2 Å². The zero-order valence-corrected chi connectivity index (χ0v) is 9.88. The van der Waals surface area contributed by atoms with Crippen molar-refractivity contribution in [2.75, 3.05) is 18.1 Å². The smallest absolute Gasteiger partial charge is 0.123 e. The Morgan fingerprint density at radius 2 is 2.44 bits per heavy atom. The highest BCUT2D eigenvalue weighted by Crippen LogP contribution is 2.17. The van der Waals surface area contributed by atoms with Crippen molar-refractivity contribution >= 4 is 11.8 Å². The van der Waals surface area contributed by atoms with Gasteiger partial charge in [-0.25, -0.2) is 4.39 Å². The molecular formula is C12H16FNOS. The van der Waals surface area contributed by atoms with Gasteiger partial charge in [0.1, 0.15) is 5.82 Å². The van der Waals surface area contributed by atoms with E-state index in [0.717, 1.165) is 23.7 Å². The van der Waals surface area contributed by atoms with E-state index in [1.807, 2.05) is 17.8 Å². The monoisotopic (exact) mass is 241 g/mol. The third-order valence-corrected chi connectivity index (χ3v) is 3.70. The number of hydrogen-bond donors (Lipinski definition) is 1. The van der Waals surface area contributed by atoms with Crippen LogP contribution in [0.25, 0.3) is 0 Å². The van der Waals surface area contributed by atoms with Crippen LogP contribution in [0.1, 0.15) is 5.56 Å². The topological polar surface area (TPSA) is 35.2 Å². The maximum atomic E-state index is 13.0. The van der Waals surface area contributed by atoms with Crippen LogP contribution in [0.15, 0.2) is 24.3 Å². The van der Waals surface area contributed by atoms with E-state index in [4.69, 9.17) is 10.5 Å². The van der Waals surface area contributed by atoms with E-state index >= 15 is 0 Å². The molecule has 2 unspecified atom stereocenters. The summed E-state index contributed by atoms with van der Waals surface area (Å²) in [6.07, 6.45) is 0.769. The van der Waals surface area contributed by atoms with Gasteiger partial charge in [0.25, 0.3) is 0 Å². The maximum Gasteiger partial charge on any atom is 0.123 e. The summed E-state index contributed by atoms with van der Waals surface area (Å²) in [6, 6.07) is 6.56. The van der Waals surface area contributed by atoms with Gasteiger partial charge in [0.05, 0.1) is 12.7 Å². The minimum atomic E-state index is -0.205. The third-order valence-electron chi connectivity index (χ3n) is 2.68. The fraction of sp³-hybridized carbons (Fsp3) is 0.500. The van der Waals surface area contributed by atoms with Gasteiger partial charge in [0, 0.05) is 17.5 Å². The zero-order chi connectivity index (χ0) is 11.4. The molecule has 1 aromatic rings. The van der Waals surface area contributed by atoms with Crippen molar-refractivity contribution in [2.45, 2.75) is 18.6 Å². The Balaban J connectivity index is 1.93. The van der Waals surface area contributed by atoms with E-state index in [0.29, 0.717) is 6.42 Å². The predicted octanol–water partition coefficient (Wildman–Crippen LogP) is 1.83. The zero-order valence-electron chi connectivity index (χ0n) is 9.06. The highest BCUT2D eigenvalue weighted by atomic mass is 32.2. The largest absolute Gasteiger partial charge is 0.375 e. The van der Waals surface area contributed by atoms with Crippen LogP contribution in [0.3, 0.4) is 0 Å². The Morgan fingerprint density at radius 3 is 3.12 bits per heavy atom. The van der Waals surface area contributed by atoms with Crippen molar-refractivity contribution in [3.63, 3.8) is 0 Å². The Labute approximate surface area is 99.4 Å². The molecule has 1 aromatic carbocycles. The molecule has 0 radical (unpaired) electrons. The standard InChI is InChI=1S/C12H16FNOS/c13-10-3-1-2-9(6-10)7-11(14)12-8-16-5-4-15-12/h1-3,6,11-12H,4-5,7-8,14H2. The lowest BCUT2D eigenvalue weighted by Crippen LogP contribution is -2.42. The number of benzene rings is 1. The van der Waals surface area contributed by atoms with Gasteiger partial charge in [-0.1, -0.05) is 12.1 Å². The lowest BCUT2D eigenvalue weighted by atomic mass is 10.0. The third kappa shape index (κ3) is 3.20. The molecule has 0 aliphatic carbocycles. The number of thioether (sulfide) groups is 1. The highest BCUT2D eigenvalue weighted by molar-refractivity contribution is 7.99. The Morgan fingerprint density at radius 1 is 1.56 bits per heavy atom. The van der Waals surface area contributed by atoms with Crippen molar-refractivity contribution in [3.05, 3.63) is 35.6 Å². The van der Waals surface area contributed by atoms with Gasteiger partial charge in [0.2, 0.25) is 0 Å². The van der Waals surface area contributed by atoms with Gasteiger partial charge in [-0.3, -0.25) is 0 Å². The minimum absolute atomic E-state index is 0.0467. The molecule has 0 bridgehead atoms. The minimum Gasteiger partial charge on any atom is -0.375 e. The number of nitrogens with two attached hydrogens (primary N) is 1. The molecule has 1 aliphatic heterocycles. The summed E-state index contributed by atoms with van der Waals surface area (Å²) in [6.45, 7) is 0.770. The second kappa shape index (κ2) is 5.66. The van der Waals surface area contributed by atoms with E-state index < -0.39 is 0 Å². The summed E-state index contributed by atoms with van der Waals surface area (Å²) in [5, 5.41) is 0. The van der Waals surface area contributed by atoms with Gasteiger partial charge in [-0.15, -0.1) is 0 Å². The molecule has 2 rings (SSSR count). The summed E-state index contributed by atoms with van der Waals surface area (Å²) >= 11 is 1.87. The van der Waals surface area contributed by atoms with E-state index in [9.17, 15) is 4.39 Å². The van der Waals surface area contributed by atoms with Gasteiger partial charge >= 0.3 is 0 Å². The second-order valence-electron chi connectivity index (χ2n) is 3.98. The molecule has 0 saturated carbocycles. The van der Waals surface area contributed by atoms with Crippen LogP contribution in [0.5, 0.6) is 0 Å². The number of ether oxygens (including phenoxy) is 1. The molecule has 0 spiro atoms. The second-order valence-corrected chi connectivity index (χ2v) is 5.13. The molecule has 0 aromatic heterocycles. The summed E-state index contributed by atoms with van der Waals surface area (Å²) < 4.78 is 18.6. The van der Waals surface area contributed by atoms with Crippen LogP contribution < -0.4 is 5.73 Å². The molecule has 2 nitrogen and oxygen atoms in total. The van der Waals surface area contributed by atoms with Crippen LogP contribution in [-0.4, -0.2) is 30.3 Å². The molecule has 88 valence electrons. The van der Waals surface area contributed by atoms with Crippen LogP contribution in [0.4, 0.5) is 4.39 Å². The first-order chi connectivity index (χ1) is 7.75. The number of rotatable bonds is 3. The van der Waals surface area contributed by atoms with Gasteiger partial charge in [-0.2, -0.15) is 11.8 Å². The SMILES string of the molecule is NC(Cc1cccc(F)c1)C1CSCCO1. The quantitative estimate of drug-likeness (QED) is 0.877. The lowest BCUT2D eigenvalue weighted by molar-refractivity contribution is 0.0572. The highest BCUT2D eigenvalue weighted by Gasteiger charge is 2.21. The molecule has 16 heavy (non-hydrogen) atoms. The molecule has 4 heteroatoms. The van der Waals surface area contributed by atoms with Gasteiger partial charge in [0.15, 0.2) is 0 Å². The first-order valence-corrected chi connectivity index (χ1v) is 6.60. The van der Waals surface area contributed by atoms with Crippen molar-refractivity contribution in [2.24, 2.45) is 5.73 Å². The van der Waals surface area contributed by atoms with E-state index in [1.165, 1.54) is 12.1 Å². The van der Waals surface area contributed by atoms with Crippen molar-refractivity contribution in [1.29, 1.82) is 0 Å². The lowest BCUT2D eigenvalue weighted by Gasteiger charge is -2.27. The Hall–Kier alpha value is -0.580.